The van der Waals surface area contributed by atoms with Gasteiger partial charge >= 0.3 is 0 Å². The van der Waals surface area contributed by atoms with Crippen LogP contribution in [0.4, 0.5) is 11.8 Å². The summed E-state index contributed by atoms with van der Waals surface area (Å²) in [5.74, 6) is 1.87. The Morgan fingerprint density at radius 3 is 2.34 bits per heavy atom. The van der Waals surface area contributed by atoms with Gasteiger partial charge in [-0.05, 0) is 30.5 Å². The molecule has 0 amide bonds. The van der Waals surface area contributed by atoms with E-state index < -0.39 is 0 Å². The maximum atomic E-state index is 4.98. The molecule has 1 aromatic heterocycles. The van der Waals surface area contributed by atoms with Gasteiger partial charge in [0.25, 0.3) is 0 Å². The molecule has 0 radical (unpaired) electrons. The molecule has 3 aromatic rings. The van der Waals surface area contributed by atoms with Crippen molar-refractivity contribution in [2.45, 2.75) is 38.3 Å². The van der Waals surface area contributed by atoms with Crippen LogP contribution in [0.1, 0.15) is 31.2 Å². The van der Waals surface area contributed by atoms with Gasteiger partial charge in [-0.15, -0.1) is 0 Å². The van der Waals surface area contributed by atoms with Gasteiger partial charge in [0.1, 0.15) is 5.82 Å². The van der Waals surface area contributed by atoms with Crippen LogP contribution < -0.4 is 10.2 Å². The SMILES string of the molecule is c1ccc(CN2CC(Nc3nc(N4CCCCCC4)c4ccccc4n3)C2)cc1. The van der Waals surface area contributed by atoms with Crippen LogP contribution in [-0.4, -0.2) is 47.1 Å². The van der Waals surface area contributed by atoms with Crippen LogP contribution >= 0.6 is 0 Å². The van der Waals surface area contributed by atoms with Gasteiger partial charge in [0.15, 0.2) is 0 Å². The molecule has 2 aliphatic rings. The topological polar surface area (TPSA) is 44.3 Å². The second-order valence-electron chi connectivity index (χ2n) is 8.31. The van der Waals surface area contributed by atoms with Crippen LogP contribution in [0.3, 0.4) is 0 Å². The highest BCUT2D eigenvalue weighted by molar-refractivity contribution is 5.90. The molecule has 5 rings (SSSR count). The lowest BCUT2D eigenvalue weighted by atomic mass is 10.1. The number of nitrogens with one attached hydrogen (secondary N) is 1. The number of hydrogen-bond donors (Lipinski definition) is 1. The summed E-state index contributed by atoms with van der Waals surface area (Å²) in [6, 6.07) is 19.5. The third-order valence-corrected chi connectivity index (χ3v) is 6.03. The first-order chi connectivity index (χ1) is 14.3. The summed E-state index contributed by atoms with van der Waals surface area (Å²) in [6.45, 7) is 5.26. The van der Waals surface area contributed by atoms with Gasteiger partial charge in [0.05, 0.1) is 11.6 Å². The predicted molar refractivity (Wildman–Crippen MR) is 119 cm³/mol. The summed E-state index contributed by atoms with van der Waals surface area (Å²) in [5, 5.41) is 4.76. The van der Waals surface area contributed by atoms with E-state index in [1.807, 2.05) is 0 Å². The van der Waals surface area contributed by atoms with Crippen LogP contribution in [-0.2, 0) is 6.54 Å². The van der Waals surface area contributed by atoms with Crippen LogP contribution in [0.25, 0.3) is 10.9 Å². The third kappa shape index (κ3) is 4.20. The highest BCUT2D eigenvalue weighted by atomic mass is 15.3. The summed E-state index contributed by atoms with van der Waals surface area (Å²) in [6.07, 6.45) is 5.14. The highest BCUT2D eigenvalue weighted by Crippen LogP contribution is 2.28. The van der Waals surface area contributed by atoms with Gasteiger partial charge in [-0.1, -0.05) is 55.3 Å². The number of hydrogen-bond acceptors (Lipinski definition) is 5. The molecule has 150 valence electrons. The van der Waals surface area contributed by atoms with E-state index in [-0.39, 0.29) is 0 Å². The van der Waals surface area contributed by atoms with Crippen molar-refractivity contribution in [3.63, 3.8) is 0 Å². The molecule has 5 heteroatoms. The molecule has 2 fully saturated rings. The molecule has 0 spiro atoms. The number of para-hydroxylation sites is 1. The van der Waals surface area contributed by atoms with E-state index in [0.717, 1.165) is 50.0 Å². The van der Waals surface area contributed by atoms with Crippen molar-refractivity contribution in [1.82, 2.24) is 14.9 Å². The molecule has 0 bridgehead atoms. The Kier molecular flexibility index (Phi) is 5.31. The number of likely N-dealkylation sites (tertiary alicyclic amines) is 1. The molecule has 3 heterocycles. The fourth-order valence-corrected chi connectivity index (χ4v) is 4.46. The first-order valence-electron chi connectivity index (χ1n) is 10.9. The van der Waals surface area contributed by atoms with Crippen LogP contribution in [0.15, 0.2) is 54.6 Å². The molecule has 0 atom stereocenters. The lowest BCUT2D eigenvalue weighted by molar-refractivity contribution is 0.153. The summed E-state index contributed by atoms with van der Waals surface area (Å²) in [5.41, 5.74) is 2.40. The van der Waals surface area contributed by atoms with Crippen molar-refractivity contribution in [1.29, 1.82) is 0 Å². The molecule has 2 aliphatic heterocycles. The van der Waals surface area contributed by atoms with E-state index in [1.54, 1.807) is 0 Å². The first-order valence-corrected chi connectivity index (χ1v) is 10.9. The molecule has 2 saturated heterocycles. The molecule has 0 unspecified atom stereocenters. The predicted octanol–water partition coefficient (Wildman–Crippen LogP) is 4.31. The zero-order valence-corrected chi connectivity index (χ0v) is 16.9. The highest BCUT2D eigenvalue weighted by Gasteiger charge is 2.27. The number of nitrogens with zero attached hydrogens (tertiary/aromatic N) is 4. The Balaban J connectivity index is 1.30. The van der Waals surface area contributed by atoms with Crippen molar-refractivity contribution >= 4 is 22.7 Å². The van der Waals surface area contributed by atoms with Crippen molar-refractivity contribution in [3.05, 3.63) is 60.2 Å². The van der Waals surface area contributed by atoms with E-state index in [0.29, 0.717) is 6.04 Å². The van der Waals surface area contributed by atoms with Gasteiger partial charge in [0.2, 0.25) is 5.95 Å². The number of benzene rings is 2. The van der Waals surface area contributed by atoms with E-state index in [2.05, 4.69) is 69.7 Å². The largest absolute Gasteiger partial charge is 0.356 e. The molecule has 29 heavy (non-hydrogen) atoms. The van der Waals surface area contributed by atoms with Crippen LogP contribution in [0.2, 0.25) is 0 Å². The molecule has 2 aromatic carbocycles. The Morgan fingerprint density at radius 2 is 1.55 bits per heavy atom. The second-order valence-corrected chi connectivity index (χ2v) is 8.31. The summed E-state index contributed by atoms with van der Waals surface area (Å²) < 4.78 is 0. The van der Waals surface area contributed by atoms with E-state index in [4.69, 9.17) is 9.97 Å². The lowest BCUT2D eigenvalue weighted by Gasteiger charge is -2.39. The Hall–Kier alpha value is -2.66. The van der Waals surface area contributed by atoms with Crippen molar-refractivity contribution < 1.29 is 0 Å². The zero-order valence-electron chi connectivity index (χ0n) is 16.9. The minimum absolute atomic E-state index is 0.414. The maximum Gasteiger partial charge on any atom is 0.225 e. The smallest absolute Gasteiger partial charge is 0.225 e. The fraction of sp³-hybridized carbons (Fsp3) is 0.417. The molecule has 5 nitrogen and oxygen atoms in total. The molecule has 0 saturated carbocycles. The first kappa shape index (κ1) is 18.4. The van der Waals surface area contributed by atoms with E-state index >= 15 is 0 Å². The average molecular weight is 388 g/mol. The number of aromatic nitrogens is 2. The van der Waals surface area contributed by atoms with Gasteiger partial charge in [-0.3, -0.25) is 4.90 Å². The second kappa shape index (κ2) is 8.37. The lowest BCUT2D eigenvalue weighted by Crippen LogP contribution is -2.54. The zero-order chi connectivity index (χ0) is 19.5. The van der Waals surface area contributed by atoms with Gasteiger partial charge < -0.3 is 10.2 Å². The van der Waals surface area contributed by atoms with Gasteiger partial charge in [-0.2, -0.15) is 4.98 Å². The quantitative estimate of drug-likeness (QED) is 0.707. The third-order valence-electron chi connectivity index (χ3n) is 6.03. The number of anilines is 2. The summed E-state index contributed by atoms with van der Waals surface area (Å²) in [4.78, 5) is 14.7. The minimum Gasteiger partial charge on any atom is -0.356 e. The van der Waals surface area contributed by atoms with Crippen LogP contribution in [0.5, 0.6) is 0 Å². The van der Waals surface area contributed by atoms with Crippen molar-refractivity contribution in [2.24, 2.45) is 0 Å². The molecular weight excluding hydrogens is 358 g/mol. The van der Waals surface area contributed by atoms with E-state index in [9.17, 15) is 0 Å². The van der Waals surface area contributed by atoms with Crippen molar-refractivity contribution in [3.8, 4) is 0 Å². The van der Waals surface area contributed by atoms with E-state index in [1.165, 1.54) is 36.6 Å². The minimum atomic E-state index is 0.414. The summed E-state index contributed by atoms with van der Waals surface area (Å²) in [7, 11) is 0. The normalized spacial score (nSPS) is 18.4. The van der Waals surface area contributed by atoms with Crippen molar-refractivity contribution in [2.75, 3.05) is 36.4 Å². The average Bonchev–Trinajstić information content (AvgIpc) is 3.02. The number of rotatable bonds is 5. The molecule has 0 aliphatic carbocycles. The summed E-state index contributed by atoms with van der Waals surface area (Å²) >= 11 is 0. The monoisotopic (exact) mass is 387 g/mol. The van der Waals surface area contributed by atoms with Gasteiger partial charge in [-0.25, -0.2) is 4.98 Å². The fourth-order valence-electron chi connectivity index (χ4n) is 4.46. The maximum absolute atomic E-state index is 4.98. The standard InChI is InChI=1S/C24H29N5/c1-2-9-15-29(14-8-1)23-21-12-6-7-13-22(21)26-24(27-23)25-20-17-28(18-20)16-19-10-4-3-5-11-19/h3-7,10-13,20H,1-2,8-9,14-18H2,(H,25,26,27). The number of fused-ring (bicyclic) bond motifs is 1. The molecular formula is C24H29N5. The Morgan fingerprint density at radius 1 is 0.828 bits per heavy atom. The molecule has 1 N–H and O–H groups in total. The van der Waals surface area contributed by atoms with Gasteiger partial charge in [0, 0.05) is 38.1 Å². The Labute approximate surface area is 172 Å². The Bertz CT molecular complexity index is 944. The van der Waals surface area contributed by atoms with Crippen LogP contribution in [0, 0.1) is 0 Å².